The van der Waals surface area contributed by atoms with Crippen molar-refractivity contribution < 1.29 is 4.74 Å². The Morgan fingerprint density at radius 1 is 1.38 bits per heavy atom. The SMILES string of the molecule is COC[C@@H]1CN(C)C[C@@]12CCN(Cc1cccc(C)n1)C2. The number of hydrogen-bond acceptors (Lipinski definition) is 4. The molecule has 1 aromatic heterocycles. The van der Waals surface area contributed by atoms with Crippen molar-refractivity contribution in [1.29, 1.82) is 0 Å². The van der Waals surface area contributed by atoms with Crippen molar-refractivity contribution in [2.45, 2.75) is 19.9 Å². The van der Waals surface area contributed by atoms with Gasteiger partial charge in [0.15, 0.2) is 0 Å². The number of methoxy groups -OCH3 is 1. The number of rotatable bonds is 4. The molecule has 4 nitrogen and oxygen atoms in total. The molecule has 0 aromatic carbocycles. The van der Waals surface area contributed by atoms with E-state index in [2.05, 4.69) is 47.0 Å². The average molecular weight is 289 g/mol. The quantitative estimate of drug-likeness (QED) is 0.845. The maximum Gasteiger partial charge on any atom is 0.0547 e. The Morgan fingerprint density at radius 3 is 3.00 bits per heavy atom. The third-order valence-corrected chi connectivity index (χ3v) is 5.15. The summed E-state index contributed by atoms with van der Waals surface area (Å²) in [7, 11) is 4.07. The van der Waals surface area contributed by atoms with Crippen LogP contribution in [0.3, 0.4) is 0 Å². The number of nitrogens with zero attached hydrogens (tertiary/aromatic N) is 3. The minimum Gasteiger partial charge on any atom is -0.384 e. The molecule has 2 aliphatic rings. The Bertz CT molecular complexity index is 493. The Labute approximate surface area is 128 Å². The molecule has 1 aromatic rings. The summed E-state index contributed by atoms with van der Waals surface area (Å²) >= 11 is 0. The Morgan fingerprint density at radius 2 is 2.24 bits per heavy atom. The van der Waals surface area contributed by atoms with Crippen LogP contribution >= 0.6 is 0 Å². The summed E-state index contributed by atoms with van der Waals surface area (Å²) in [6.07, 6.45) is 1.29. The zero-order chi connectivity index (χ0) is 14.9. The zero-order valence-electron chi connectivity index (χ0n) is 13.5. The summed E-state index contributed by atoms with van der Waals surface area (Å²) in [5.74, 6) is 0.669. The molecule has 0 N–H and O–H groups in total. The highest BCUT2D eigenvalue weighted by molar-refractivity contribution is 5.11. The van der Waals surface area contributed by atoms with Crippen molar-refractivity contribution in [3.05, 3.63) is 29.6 Å². The Kier molecular flexibility index (Phi) is 4.29. The molecule has 3 rings (SSSR count). The van der Waals surface area contributed by atoms with E-state index in [0.717, 1.165) is 18.8 Å². The molecule has 0 saturated carbocycles. The fourth-order valence-corrected chi connectivity index (χ4v) is 4.23. The van der Waals surface area contributed by atoms with E-state index in [1.165, 1.54) is 38.3 Å². The molecule has 0 amide bonds. The van der Waals surface area contributed by atoms with Crippen molar-refractivity contribution in [1.82, 2.24) is 14.8 Å². The van der Waals surface area contributed by atoms with Crippen LogP contribution in [0.1, 0.15) is 17.8 Å². The largest absolute Gasteiger partial charge is 0.384 e. The monoisotopic (exact) mass is 289 g/mol. The summed E-state index contributed by atoms with van der Waals surface area (Å²) in [5.41, 5.74) is 2.73. The molecule has 21 heavy (non-hydrogen) atoms. The van der Waals surface area contributed by atoms with Crippen LogP contribution in [0.4, 0.5) is 0 Å². The van der Waals surface area contributed by atoms with Crippen molar-refractivity contribution >= 4 is 0 Å². The molecule has 2 aliphatic heterocycles. The first-order valence-electron chi connectivity index (χ1n) is 7.94. The van der Waals surface area contributed by atoms with Gasteiger partial charge in [-0.05, 0) is 39.1 Å². The summed E-state index contributed by atoms with van der Waals surface area (Å²) < 4.78 is 5.47. The van der Waals surface area contributed by atoms with Gasteiger partial charge < -0.3 is 9.64 Å². The first kappa shape index (κ1) is 14.9. The second-order valence-electron chi connectivity index (χ2n) is 6.94. The van der Waals surface area contributed by atoms with Crippen LogP contribution < -0.4 is 0 Å². The third kappa shape index (κ3) is 3.12. The van der Waals surface area contributed by atoms with Crippen LogP contribution in [0.5, 0.6) is 0 Å². The topological polar surface area (TPSA) is 28.6 Å². The Balaban J connectivity index is 1.67. The maximum absolute atomic E-state index is 5.47. The lowest BCUT2D eigenvalue weighted by Crippen LogP contribution is -2.36. The van der Waals surface area contributed by atoms with E-state index in [9.17, 15) is 0 Å². The highest BCUT2D eigenvalue weighted by Gasteiger charge is 2.49. The number of ether oxygens (including phenoxy) is 1. The van der Waals surface area contributed by atoms with Crippen LogP contribution in [-0.2, 0) is 11.3 Å². The van der Waals surface area contributed by atoms with Gasteiger partial charge in [0.25, 0.3) is 0 Å². The smallest absolute Gasteiger partial charge is 0.0547 e. The van der Waals surface area contributed by atoms with E-state index in [1.807, 2.05) is 7.11 Å². The lowest BCUT2D eigenvalue weighted by molar-refractivity contribution is 0.0958. The molecule has 4 heteroatoms. The minimum absolute atomic E-state index is 0.425. The second-order valence-corrected chi connectivity index (χ2v) is 6.94. The van der Waals surface area contributed by atoms with E-state index in [-0.39, 0.29) is 0 Å². The standard InChI is InChI=1S/C17H27N3O/c1-14-5-4-6-16(18-14)10-20-8-7-17(13-20)12-19(2)9-15(17)11-21-3/h4-6,15H,7-13H2,1-3H3/t15-,17+/m0/s1. The summed E-state index contributed by atoms with van der Waals surface area (Å²) in [5, 5.41) is 0. The van der Waals surface area contributed by atoms with E-state index in [1.54, 1.807) is 0 Å². The molecule has 2 saturated heterocycles. The van der Waals surface area contributed by atoms with Crippen LogP contribution in [0.2, 0.25) is 0 Å². The third-order valence-electron chi connectivity index (χ3n) is 5.15. The fourth-order valence-electron chi connectivity index (χ4n) is 4.23. The first-order valence-corrected chi connectivity index (χ1v) is 7.94. The number of likely N-dealkylation sites (tertiary alicyclic amines) is 2. The predicted molar refractivity (Wildman–Crippen MR) is 84.2 cm³/mol. The average Bonchev–Trinajstić information content (AvgIpc) is 2.95. The summed E-state index contributed by atoms with van der Waals surface area (Å²) in [6.45, 7) is 8.68. The predicted octanol–water partition coefficient (Wildman–Crippen LogP) is 1.79. The van der Waals surface area contributed by atoms with Gasteiger partial charge in [0.1, 0.15) is 0 Å². The van der Waals surface area contributed by atoms with Gasteiger partial charge in [0.2, 0.25) is 0 Å². The molecular weight excluding hydrogens is 262 g/mol. The van der Waals surface area contributed by atoms with Gasteiger partial charge in [-0.25, -0.2) is 0 Å². The molecule has 2 fully saturated rings. The summed E-state index contributed by atoms with van der Waals surface area (Å²) in [6, 6.07) is 6.32. The second kappa shape index (κ2) is 6.03. The van der Waals surface area contributed by atoms with Crippen LogP contribution in [0.25, 0.3) is 0 Å². The molecule has 1 spiro atoms. The lowest BCUT2D eigenvalue weighted by Gasteiger charge is -2.30. The van der Waals surface area contributed by atoms with Crippen molar-refractivity contribution in [2.24, 2.45) is 11.3 Å². The van der Waals surface area contributed by atoms with Crippen molar-refractivity contribution in [2.75, 3.05) is 46.9 Å². The van der Waals surface area contributed by atoms with Gasteiger partial charge in [-0.2, -0.15) is 0 Å². The fraction of sp³-hybridized carbons (Fsp3) is 0.706. The molecule has 116 valence electrons. The summed E-state index contributed by atoms with van der Waals surface area (Å²) in [4.78, 5) is 9.69. The van der Waals surface area contributed by atoms with Crippen LogP contribution in [0, 0.1) is 18.3 Å². The van der Waals surface area contributed by atoms with E-state index in [4.69, 9.17) is 4.74 Å². The van der Waals surface area contributed by atoms with Crippen molar-refractivity contribution in [3.8, 4) is 0 Å². The number of aryl methyl sites for hydroxylation is 1. The van der Waals surface area contributed by atoms with E-state index < -0.39 is 0 Å². The van der Waals surface area contributed by atoms with Gasteiger partial charge in [0.05, 0.1) is 12.3 Å². The van der Waals surface area contributed by atoms with Crippen molar-refractivity contribution in [3.63, 3.8) is 0 Å². The minimum atomic E-state index is 0.425. The van der Waals surface area contributed by atoms with Gasteiger partial charge in [-0.15, -0.1) is 0 Å². The molecule has 3 heterocycles. The first-order chi connectivity index (χ1) is 10.1. The molecule has 2 atom stereocenters. The highest BCUT2D eigenvalue weighted by Crippen LogP contribution is 2.43. The molecule has 0 aliphatic carbocycles. The lowest BCUT2D eigenvalue weighted by atomic mass is 9.78. The van der Waals surface area contributed by atoms with E-state index >= 15 is 0 Å². The van der Waals surface area contributed by atoms with Gasteiger partial charge in [-0.3, -0.25) is 9.88 Å². The van der Waals surface area contributed by atoms with Gasteiger partial charge in [-0.1, -0.05) is 6.07 Å². The maximum atomic E-state index is 5.47. The normalized spacial score (nSPS) is 30.5. The number of aromatic nitrogens is 1. The number of pyridine rings is 1. The van der Waals surface area contributed by atoms with Crippen LogP contribution in [0.15, 0.2) is 18.2 Å². The van der Waals surface area contributed by atoms with Crippen LogP contribution in [-0.4, -0.2) is 61.7 Å². The number of hydrogen-bond donors (Lipinski definition) is 0. The molecule has 0 unspecified atom stereocenters. The molecule has 0 bridgehead atoms. The van der Waals surface area contributed by atoms with Gasteiger partial charge in [0, 0.05) is 50.3 Å². The van der Waals surface area contributed by atoms with Gasteiger partial charge >= 0.3 is 0 Å². The molecule has 0 radical (unpaired) electrons. The van der Waals surface area contributed by atoms with E-state index in [0.29, 0.717) is 11.3 Å². The molecular formula is C17H27N3O. The Hall–Kier alpha value is -0.970. The zero-order valence-corrected chi connectivity index (χ0v) is 13.5. The highest BCUT2D eigenvalue weighted by atomic mass is 16.5.